The fourth-order valence-electron chi connectivity index (χ4n) is 2.87. The summed E-state index contributed by atoms with van der Waals surface area (Å²) < 4.78 is 6.63. The maximum Gasteiger partial charge on any atom is 0.341 e. The van der Waals surface area contributed by atoms with E-state index in [-0.39, 0.29) is 11.4 Å². The Hall–Kier alpha value is -3.81. The van der Waals surface area contributed by atoms with Crippen LogP contribution >= 0.6 is 0 Å². The second-order valence-electron chi connectivity index (χ2n) is 5.70. The van der Waals surface area contributed by atoms with Crippen molar-refractivity contribution in [2.45, 2.75) is 0 Å². The van der Waals surface area contributed by atoms with Crippen molar-refractivity contribution in [2.75, 3.05) is 12.3 Å². The van der Waals surface area contributed by atoms with Gasteiger partial charge < -0.3 is 20.6 Å². The van der Waals surface area contributed by atoms with Crippen LogP contribution in [0, 0.1) is 0 Å². The number of carboxylic acid groups (broad SMARTS) is 1. The Morgan fingerprint density at radius 3 is 2.85 bits per heavy atom. The number of para-hydroxylation sites is 1. The zero-order valence-corrected chi connectivity index (χ0v) is 13.5. The first-order valence-electron chi connectivity index (χ1n) is 7.79. The van der Waals surface area contributed by atoms with Crippen molar-refractivity contribution in [3.05, 3.63) is 58.9 Å². The molecule has 2 aromatic heterocycles. The molecule has 0 aliphatic heterocycles. The lowest BCUT2D eigenvalue weighted by Crippen LogP contribution is -2.10. The largest absolute Gasteiger partial charge is 0.482 e. The van der Waals surface area contributed by atoms with Crippen molar-refractivity contribution in [1.82, 2.24) is 14.8 Å². The van der Waals surface area contributed by atoms with E-state index in [4.69, 9.17) is 15.6 Å². The Morgan fingerprint density at radius 2 is 2.04 bits per heavy atom. The number of aliphatic carboxylic acids is 1. The zero-order valence-electron chi connectivity index (χ0n) is 13.5. The van der Waals surface area contributed by atoms with E-state index in [0.29, 0.717) is 27.9 Å². The minimum atomic E-state index is -1.07. The molecule has 0 saturated carbocycles. The number of nitrogens with one attached hydrogen (secondary N) is 1. The smallest absolute Gasteiger partial charge is 0.341 e. The predicted octanol–water partition coefficient (Wildman–Crippen LogP) is 1.91. The number of nitrogen functional groups attached to an aromatic ring is 1. The maximum absolute atomic E-state index is 12.4. The van der Waals surface area contributed by atoms with Crippen molar-refractivity contribution in [1.29, 1.82) is 0 Å². The number of carboxylic acids is 1. The molecule has 0 aliphatic carbocycles. The summed E-state index contributed by atoms with van der Waals surface area (Å²) in [5.74, 6) is -0.511. The van der Waals surface area contributed by atoms with Crippen LogP contribution in [0.1, 0.15) is 0 Å². The summed E-state index contributed by atoms with van der Waals surface area (Å²) in [6, 6.07) is 14.0. The number of nitrogens with zero attached hydrogens (tertiary/aromatic N) is 2. The molecule has 8 nitrogen and oxygen atoms in total. The molecule has 0 saturated heterocycles. The van der Waals surface area contributed by atoms with Gasteiger partial charge in [0.15, 0.2) is 6.61 Å². The van der Waals surface area contributed by atoms with Crippen molar-refractivity contribution in [3.63, 3.8) is 0 Å². The molecule has 26 heavy (non-hydrogen) atoms. The molecule has 0 aliphatic rings. The average Bonchev–Trinajstić information content (AvgIpc) is 2.99. The Kier molecular flexibility index (Phi) is 3.58. The van der Waals surface area contributed by atoms with Gasteiger partial charge in [0.25, 0.3) is 5.56 Å². The van der Waals surface area contributed by atoms with Gasteiger partial charge in [-0.2, -0.15) is 5.10 Å². The Labute approximate surface area is 146 Å². The van der Waals surface area contributed by atoms with Gasteiger partial charge in [-0.05, 0) is 18.2 Å². The number of ether oxygens (including phenoxy) is 1. The van der Waals surface area contributed by atoms with Crippen LogP contribution in [0.15, 0.2) is 53.3 Å². The van der Waals surface area contributed by atoms with Crippen LogP contribution in [0.4, 0.5) is 5.82 Å². The second kappa shape index (κ2) is 5.92. The monoisotopic (exact) mass is 350 g/mol. The van der Waals surface area contributed by atoms with E-state index < -0.39 is 12.6 Å². The highest BCUT2D eigenvalue weighted by atomic mass is 16.5. The van der Waals surface area contributed by atoms with Gasteiger partial charge in [0.1, 0.15) is 22.5 Å². The fourth-order valence-corrected chi connectivity index (χ4v) is 2.87. The highest BCUT2D eigenvalue weighted by Gasteiger charge is 2.16. The normalized spacial score (nSPS) is 11.1. The summed E-state index contributed by atoms with van der Waals surface area (Å²) in [4.78, 5) is 25.9. The molecule has 0 bridgehead atoms. The summed E-state index contributed by atoms with van der Waals surface area (Å²) in [6.45, 7) is -0.454. The number of pyridine rings is 1. The molecule has 4 aromatic rings. The summed E-state index contributed by atoms with van der Waals surface area (Å²) in [5.41, 5.74) is 7.60. The van der Waals surface area contributed by atoms with Gasteiger partial charge in [-0.25, -0.2) is 9.48 Å². The second-order valence-corrected chi connectivity index (χ2v) is 5.70. The van der Waals surface area contributed by atoms with Gasteiger partial charge in [0.2, 0.25) is 0 Å². The van der Waals surface area contributed by atoms with Crippen molar-refractivity contribution < 1.29 is 14.6 Å². The number of hydrogen-bond acceptors (Lipinski definition) is 5. The van der Waals surface area contributed by atoms with Gasteiger partial charge in [-0.3, -0.25) is 4.79 Å². The number of hydrogen-bond donors (Lipinski definition) is 3. The lowest BCUT2D eigenvalue weighted by molar-refractivity contribution is -0.139. The van der Waals surface area contributed by atoms with Crippen molar-refractivity contribution >= 4 is 33.6 Å². The molecule has 4 rings (SSSR count). The molecule has 4 N–H and O–H groups in total. The minimum Gasteiger partial charge on any atom is -0.482 e. The van der Waals surface area contributed by atoms with E-state index in [2.05, 4.69) is 10.1 Å². The van der Waals surface area contributed by atoms with Gasteiger partial charge in [0, 0.05) is 11.5 Å². The summed E-state index contributed by atoms with van der Waals surface area (Å²) in [7, 11) is 0. The van der Waals surface area contributed by atoms with Gasteiger partial charge in [-0.15, -0.1) is 0 Å². The van der Waals surface area contributed by atoms with E-state index in [1.165, 1.54) is 4.68 Å². The Morgan fingerprint density at radius 1 is 1.23 bits per heavy atom. The van der Waals surface area contributed by atoms with E-state index in [0.717, 1.165) is 5.39 Å². The number of H-pyrrole nitrogens is 1. The first-order valence-corrected chi connectivity index (χ1v) is 7.79. The Bertz CT molecular complexity index is 1210. The number of nitrogens with two attached hydrogens (primary N) is 1. The molecular weight excluding hydrogens is 336 g/mol. The van der Waals surface area contributed by atoms with Crippen LogP contribution in [0.2, 0.25) is 0 Å². The van der Waals surface area contributed by atoms with E-state index in [1.807, 2.05) is 18.2 Å². The minimum absolute atomic E-state index is 0.197. The van der Waals surface area contributed by atoms with Crippen molar-refractivity contribution in [3.8, 4) is 11.4 Å². The summed E-state index contributed by atoms with van der Waals surface area (Å²) in [6.07, 6.45) is 0. The van der Waals surface area contributed by atoms with Crippen LogP contribution in [0.5, 0.6) is 5.75 Å². The van der Waals surface area contributed by atoms with Gasteiger partial charge >= 0.3 is 5.97 Å². The lowest BCUT2D eigenvalue weighted by Gasteiger charge is -2.07. The molecule has 0 fully saturated rings. The highest BCUT2D eigenvalue weighted by molar-refractivity contribution is 6.06. The lowest BCUT2D eigenvalue weighted by atomic mass is 10.1. The molecule has 130 valence electrons. The third-order valence-corrected chi connectivity index (χ3v) is 4.00. The molecule has 2 aromatic carbocycles. The number of aromatic amines is 1. The third-order valence-electron chi connectivity index (χ3n) is 4.00. The van der Waals surface area contributed by atoms with Crippen molar-refractivity contribution in [2.24, 2.45) is 0 Å². The van der Waals surface area contributed by atoms with Crippen LogP contribution in [-0.4, -0.2) is 32.4 Å². The van der Waals surface area contributed by atoms with E-state index in [9.17, 15) is 9.59 Å². The van der Waals surface area contributed by atoms with E-state index in [1.54, 1.807) is 30.3 Å². The first-order chi connectivity index (χ1) is 12.5. The molecule has 0 radical (unpaired) electrons. The van der Waals surface area contributed by atoms with Gasteiger partial charge in [0.05, 0.1) is 11.2 Å². The molecule has 2 heterocycles. The Balaban J connectivity index is 1.90. The standard InChI is InChI=1S/C18H14N4O4/c19-17-15-16(12-6-1-2-7-13(12)20-18(15)25)21-22(17)10-4-3-5-11(8-10)26-9-14(23)24/h1-8H,9,19H2,(H,20,25)(H,23,24). The predicted molar refractivity (Wildman–Crippen MR) is 96.7 cm³/mol. The number of rotatable bonds is 4. The number of anilines is 1. The fraction of sp³-hybridized carbons (Fsp3) is 0.0556. The van der Waals surface area contributed by atoms with Crippen LogP contribution < -0.4 is 16.0 Å². The average molecular weight is 350 g/mol. The third kappa shape index (κ3) is 2.53. The topological polar surface area (TPSA) is 123 Å². The summed E-state index contributed by atoms with van der Waals surface area (Å²) >= 11 is 0. The highest BCUT2D eigenvalue weighted by Crippen LogP contribution is 2.27. The number of fused-ring (bicyclic) bond motifs is 3. The van der Waals surface area contributed by atoms with Crippen LogP contribution in [-0.2, 0) is 4.79 Å². The molecule has 8 heteroatoms. The zero-order chi connectivity index (χ0) is 18.3. The van der Waals surface area contributed by atoms with E-state index >= 15 is 0 Å². The maximum atomic E-state index is 12.4. The van der Waals surface area contributed by atoms with Crippen LogP contribution in [0.3, 0.4) is 0 Å². The number of benzene rings is 2. The quantitative estimate of drug-likeness (QED) is 0.517. The molecule has 0 spiro atoms. The first kappa shape index (κ1) is 15.7. The molecular formula is C18H14N4O4. The van der Waals surface area contributed by atoms with Crippen LogP contribution in [0.25, 0.3) is 27.5 Å². The molecule has 0 atom stereocenters. The SMILES string of the molecule is Nc1c2c(=O)[nH]c3ccccc3c2nn1-c1cccc(OCC(=O)O)c1. The van der Waals surface area contributed by atoms with Gasteiger partial charge in [-0.1, -0.05) is 24.3 Å². The number of aromatic nitrogens is 3. The molecule has 0 unspecified atom stereocenters. The summed E-state index contributed by atoms with van der Waals surface area (Å²) in [5, 5.41) is 14.3. The number of carbonyl (C=O) groups is 1. The molecule has 0 amide bonds.